The molecule has 0 aromatic carbocycles. The molecule has 0 aliphatic carbocycles. The van der Waals surface area contributed by atoms with E-state index in [1.807, 2.05) is 6.92 Å². The van der Waals surface area contributed by atoms with Gasteiger partial charge < -0.3 is 23.7 Å². The van der Waals surface area contributed by atoms with Gasteiger partial charge in [-0.3, -0.25) is 0 Å². The number of carbonyl (C=O) groups excluding carboxylic acids is 1. The Kier molecular flexibility index (Phi) is 16.5. The maximum absolute atomic E-state index is 12.4. The molecule has 0 saturated carbocycles. The van der Waals surface area contributed by atoms with Gasteiger partial charge in [0.15, 0.2) is 0 Å². The van der Waals surface area contributed by atoms with Crippen molar-refractivity contribution in [2.45, 2.75) is 90.9 Å². The summed E-state index contributed by atoms with van der Waals surface area (Å²) in [5.74, 6) is -0.512. The molecule has 0 amide bonds. The molecule has 0 aliphatic heterocycles. The van der Waals surface area contributed by atoms with Gasteiger partial charge in [0, 0.05) is 26.5 Å². The van der Waals surface area contributed by atoms with Crippen molar-refractivity contribution in [3.8, 4) is 0 Å². The van der Waals surface area contributed by atoms with Crippen LogP contribution in [0.3, 0.4) is 0 Å². The average molecular weight is 418 g/mol. The van der Waals surface area contributed by atoms with Gasteiger partial charge in [-0.25, -0.2) is 4.79 Å². The molecular formula is C21H43NO5Si. The van der Waals surface area contributed by atoms with Gasteiger partial charge in [-0.15, -0.1) is 0 Å². The predicted octanol–water partition coefficient (Wildman–Crippen LogP) is 4.88. The lowest BCUT2D eigenvalue weighted by Gasteiger charge is -2.27. The van der Waals surface area contributed by atoms with Gasteiger partial charge in [0.25, 0.3) is 0 Å². The first-order chi connectivity index (χ1) is 13.5. The molecule has 2 N–H and O–H groups in total. The Bertz CT molecular complexity index is 430. The number of carbonyl (C=O) groups is 1. The van der Waals surface area contributed by atoms with Crippen LogP contribution in [0.4, 0.5) is 0 Å². The third-order valence-electron chi connectivity index (χ3n) is 4.95. The van der Waals surface area contributed by atoms with Gasteiger partial charge in [0.1, 0.15) is 5.70 Å². The highest BCUT2D eigenvalue weighted by atomic mass is 28.4. The highest BCUT2D eigenvalue weighted by Gasteiger charge is 2.45. The Hall–Kier alpha value is -0.893. The van der Waals surface area contributed by atoms with E-state index in [-0.39, 0.29) is 5.70 Å². The van der Waals surface area contributed by atoms with Crippen molar-refractivity contribution < 1.29 is 22.8 Å². The van der Waals surface area contributed by atoms with Gasteiger partial charge in [-0.2, -0.15) is 0 Å². The molecule has 0 heterocycles. The highest BCUT2D eigenvalue weighted by molar-refractivity contribution is 6.69. The number of hydrogen-bond donors (Lipinski definition) is 1. The van der Waals surface area contributed by atoms with Crippen LogP contribution in [0, 0.1) is 0 Å². The first kappa shape index (κ1) is 27.1. The summed E-state index contributed by atoms with van der Waals surface area (Å²) in [5, 5.41) is 0.593. The summed E-state index contributed by atoms with van der Waals surface area (Å²) in [4.78, 5) is 12.4. The van der Waals surface area contributed by atoms with Crippen LogP contribution < -0.4 is 5.73 Å². The van der Waals surface area contributed by atoms with Crippen LogP contribution in [0.1, 0.15) is 90.9 Å². The average Bonchev–Trinajstić information content (AvgIpc) is 2.72. The maximum atomic E-state index is 12.4. The second-order valence-electron chi connectivity index (χ2n) is 7.13. The summed E-state index contributed by atoms with van der Waals surface area (Å²) < 4.78 is 21.8. The van der Waals surface area contributed by atoms with Gasteiger partial charge in [0.2, 0.25) is 0 Å². The fraction of sp³-hybridized carbons (Fsp3) is 0.857. The molecule has 0 aliphatic rings. The zero-order valence-electron chi connectivity index (χ0n) is 18.8. The molecular weight excluding hydrogens is 374 g/mol. The number of hydrogen-bond acceptors (Lipinski definition) is 6. The van der Waals surface area contributed by atoms with Gasteiger partial charge in [0.05, 0.1) is 6.61 Å². The van der Waals surface area contributed by atoms with Crippen LogP contribution in [0.2, 0.25) is 0 Å². The molecule has 166 valence electrons. The first-order valence-electron chi connectivity index (χ1n) is 10.8. The van der Waals surface area contributed by atoms with E-state index < -0.39 is 14.8 Å². The molecule has 0 aromatic heterocycles. The normalized spacial score (nSPS) is 12.8. The Labute approximate surface area is 173 Å². The minimum Gasteiger partial charge on any atom is -0.461 e. The Balaban J connectivity index is 4.29. The molecule has 0 unspecified atom stereocenters. The van der Waals surface area contributed by atoms with Crippen molar-refractivity contribution in [3.63, 3.8) is 0 Å². The molecule has 7 heteroatoms. The molecule has 0 spiro atoms. The lowest BCUT2D eigenvalue weighted by Crippen LogP contribution is -2.47. The second kappa shape index (κ2) is 17.0. The third kappa shape index (κ3) is 10.0. The van der Waals surface area contributed by atoms with E-state index in [1.54, 1.807) is 0 Å². The molecule has 0 bridgehead atoms. The van der Waals surface area contributed by atoms with E-state index in [4.69, 9.17) is 23.7 Å². The Morgan fingerprint density at radius 3 is 1.64 bits per heavy atom. The molecule has 0 atom stereocenters. The second-order valence-corrected chi connectivity index (χ2v) is 10.1. The van der Waals surface area contributed by atoms with Crippen molar-refractivity contribution in [1.82, 2.24) is 0 Å². The maximum Gasteiger partial charge on any atom is 0.534 e. The number of unbranched alkanes of at least 4 members (excludes halogenated alkanes) is 9. The lowest BCUT2D eigenvalue weighted by atomic mass is 10.1. The van der Waals surface area contributed by atoms with Crippen molar-refractivity contribution in [3.05, 3.63) is 10.9 Å². The minimum atomic E-state index is -3.12. The van der Waals surface area contributed by atoms with Crippen LogP contribution >= 0.6 is 0 Å². The topological polar surface area (TPSA) is 80.0 Å². The van der Waals surface area contributed by atoms with Crippen molar-refractivity contribution in [2.75, 3.05) is 27.9 Å². The molecule has 6 nitrogen and oxygen atoms in total. The predicted molar refractivity (Wildman–Crippen MR) is 116 cm³/mol. The Morgan fingerprint density at radius 1 is 0.750 bits per heavy atom. The van der Waals surface area contributed by atoms with E-state index in [0.29, 0.717) is 18.2 Å². The van der Waals surface area contributed by atoms with E-state index in [9.17, 15) is 4.79 Å². The Morgan fingerprint density at radius 2 is 1.21 bits per heavy atom. The number of rotatable bonds is 18. The quantitative estimate of drug-likeness (QED) is 0.148. The largest absolute Gasteiger partial charge is 0.534 e. The zero-order valence-corrected chi connectivity index (χ0v) is 19.8. The molecule has 0 aromatic rings. The smallest absolute Gasteiger partial charge is 0.461 e. The standard InChI is InChI=1S/C21H43NO5Si/c1-6-8-9-10-11-12-13-14-15-16-18-27-21(23)20(22)19(17-7-2)28(24-3,25-4)26-5/h6-18,22H2,1-5H3. The fourth-order valence-electron chi connectivity index (χ4n) is 3.28. The molecule has 0 saturated heterocycles. The molecule has 0 fully saturated rings. The summed E-state index contributed by atoms with van der Waals surface area (Å²) in [6.45, 7) is 4.63. The molecule has 0 rings (SSSR count). The van der Waals surface area contributed by atoms with Gasteiger partial charge >= 0.3 is 14.8 Å². The van der Waals surface area contributed by atoms with Crippen LogP contribution in [-0.2, 0) is 22.8 Å². The molecule has 28 heavy (non-hydrogen) atoms. The number of ether oxygens (including phenoxy) is 1. The minimum absolute atomic E-state index is 0.0612. The summed E-state index contributed by atoms with van der Waals surface area (Å²) in [5.41, 5.74) is 6.15. The SMILES string of the molecule is CCCCCCCCCCCCOC(=O)C(N)=C(CCC)[Si](OC)(OC)OC. The number of nitrogens with two attached hydrogens (primary N) is 1. The monoisotopic (exact) mass is 417 g/mol. The van der Waals surface area contributed by atoms with Crippen LogP contribution in [0.25, 0.3) is 0 Å². The lowest BCUT2D eigenvalue weighted by molar-refractivity contribution is -0.139. The van der Waals surface area contributed by atoms with E-state index in [0.717, 1.165) is 19.3 Å². The summed E-state index contributed by atoms with van der Waals surface area (Å²) in [7, 11) is 1.41. The van der Waals surface area contributed by atoms with E-state index >= 15 is 0 Å². The highest BCUT2D eigenvalue weighted by Crippen LogP contribution is 2.24. The summed E-state index contributed by atoms with van der Waals surface area (Å²) in [6, 6.07) is 0. The fourth-order valence-corrected chi connectivity index (χ4v) is 5.50. The van der Waals surface area contributed by atoms with E-state index in [2.05, 4.69) is 6.92 Å². The van der Waals surface area contributed by atoms with Crippen LogP contribution in [-0.4, -0.2) is 42.7 Å². The first-order valence-corrected chi connectivity index (χ1v) is 12.6. The summed E-state index contributed by atoms with van der Waals surface area (Å²) >= 11 is 0. The number of esters is 1. The summed E-state index contributed by atoms with van der Waals surface area (Å²) in [6.07, 6.45) is 13.7. The van der Waals surface area contributed by atoms with Crippen LogP contribution in [0.5, 0.6) is 0 Å². The van der Waals surface area contributed by atoms with Crippen molar-refractivity contribution in [2.24, 2.45) is 5.73 Å². The molecule has 0 radical (unpaired) electrons. The van der Waals surface area contributed by atoms with E-state index in [1.165, 1.54) is 72.7 Å². The zero-order chi connectivity index (χ0) is 21.3. The van der Waals surface area contributed by atoms with Gasteiger partial charge in [-0.05, 0) is 12.8 Å². The van der Waals surface area contributed by atoms with Crippen molar-refractivity contribution >= 4 is 14.8 Å². The third-order valence-corrected chi connectivity index (χ3v) is 7.82. The van der Waals surface area contributed by atoms with Crippen molar-refractivity contribution in [1.29, 1.82) is 0 Å². The van der Waals surface area contributed by atoms with Gasteiger partial charge in [-0.1, -0.05) is 78.1 Å². The number of allylic oxidation sites excluding steroid dienone is 1. The van der Waals surface area contributed by atoms with Crippen LogP contribution in [0.15, 0.2) is 10.9 Å².